The van der Waals surface area contributed by atoms with Crippen LogP contribution in [0.15, 0.2) is 30.5 Å². The summed E-state index contributed by atoms with van der Waals surface area (Å²) in [7, 11) is 0. The first kappa shape index (κ1) is 13.4. The van der Waals surface area contributed by atoms with Crippen molar-refractivity contribution in [3.8, 4) is 0 Å². The Balaban J connectivity index is 2.32. The molecule has 0 unspecified atom stereocenters. The van der Waals surface area contributed by atoms with E-state index in [9.17, 15) is 18.0 Å². The standard InChI is InChI=1S/C12H6ClF3N2O/c13-11-7(2-1-3-17-11)12(19)18-9-5-6(14)4-8(15)10(9)16/h1-5H,(H,18,19). The molecule has 0 saturated carbocycles. The smallest absolute Gasteiger partial charge is 0.258 e. The number of anilines is 1. The van der Waals surface area contributed by atoms with Crippen LogP contribution in [0.2, 0.25) is 5.15 Å². The molecule has 0 bridgehead atoms. The number of hydrogen-bond acceptors (Lipinski definition) is 2. The van der Waals surface area contributed by atoms with Crippen molar-refractivity contribution in [3.05, 3.63) is 58.6 Å². The molecule has 1 amide bonds. The number of pyridine rings is 1. The van der Waals surface area contributed by atoms with E-state index in [1.165, 1.54) is 18.3 Å². The number of benzene rings is 1. The molecule has 0 radical (unpaired) electrons. The van der Waals surface area contributed by atoms with E-state index in [4.69, 9.17) is 11.6 Å². The fraction of sp³-hybridized carbons (Fsp3) is 0. The fourth-order valence-electron chi connectivity index (χ4n) is 1.39. The number of halogens is 4. The first-order valence-corrected chi connectivity index (χ1v) is 5.43. The van der Waals surface area contributed by atoms with Crippen molar-refractivity contribution >= 4 is 23.2 Å². The summed E-state index contributed by atoms with van der Waals surface area (Å²) in [5.74, 6) is -4.57. The maximum absolute atomic E-state index is 13.4. The Bertz CT molecular complexity index is 649. The summed E-state index contributed by atoms with van der Waals surface area (Å²) in [6.45, 7) is 0. The summed E-state index contributed by atoms with van der Waals surface area (Å²) >= 11 is 5.67. The van der Waals surface area contributed by atoms with E-state index in [1.807, 2.05) is 5.32 Å². The van der Waals surface area contributed by atoms with Crippen LogP contribution in [-0.4, -0.2) is 10.9 Å². The molecule has 19 heavy (non-hydrogen) atoms. The normalized spacial score (nSPS) is 10.3. The Labute approximate surface area is 111 Å². The van der Waals surface area contributed by atoms with Gasteiger partial charge in [-0.3, -0.25) is 4.79 Å². The summed E-state index contributed by atoms with van der Waals surface area (Å²) in [5.41, 5.74) is -0.643. The number of aromatic nitrogens is 1. The van der Waals surface area contributed by atoms with Crippen molar-refractivity contribution in [2.75, 3.05) is 5.32 Å². The van der Waals surface area contributed by atoms with Crippen molar-refractivity contribution in [2.45, 2.75) is 0 Å². The molecule has 3 nitrogen and oxygen atoms in total. The molecular weight excluding hydrogens is 281 g/mol. The van der Waals surface area contributed by atoms with Crippen LogP contribution in [-0.2, 0) is 0 Å². The quantitative estimate of drug-likeness (QED) is 0.679. The molecule has 0 fully saturated rings. The molecule has 0 saturated heterocycles. The van der Waals surface area contributed by atoms with Gasteiger partial charge < -0.3 is 5.32 Å². The Hall–Kier alpha value is -2.08. The molecule has 0 aliphatic carbocycles. The average Bonchev–Trinajstić information content (AvgIpc) is 2.35. The summed E-state index contributed by atoms with van der Waals surface area (Å²) in [6.07, 6.45) is 1.36. The van der Waals surface area contributed by atoms with Crippen molar-refractivity contribution in [3.63, 3.8) is 0 Å². The lowest BCUT2D eigenvalue weighted by atomic mass is 10.2. The molecule has 98 valence electrons. The number of rotatable bonds is 2. The van der Waals surface area contributed by atoms with E-state index in [0.29, 0.717) is 12.1 Å². The lowest BCUT2D eigenvalue weighted by Gasteiger charge is -2.07. The first-order chi connectivity index (χ1) is 8.99. The molecule has 2 aromatic rings. The van der Waals surface area contributed by atoms with Gasteiger partial charge in [0.15, 0.2) is 11.6 Å². The zero-order valence-electron chi connectivity index (χ0n) is 9.25. The number of carbonyl (C=O) groups is 1. The number of carbonyl (C=O) groups excluding carboxylic acids is 1. The van der Waals surface area contributed by atoms with Gasteiger partial charge in [-0.1, -0.05) is 11.6 Å². The second kappa shape index (κ2) is 5.27. The highest BCUT2D eigenvalue weighted by Gasteiger charge is 2.16. The minimum atomic E-state index is -1.40. The van der Waals surface area contributed by atoms with Crippen molar-refractivity contribution < 1.29 is 18.0 Å². The van der Waals surface area contributed by atoms with E-state index in [1.54, 1.807) is 0 Å². The highest BCUT2D eigenvalue weighted by molar-refractivity contribution is 6.33. The Kier molecular flexibility index (Phi) is 3.71. The summed E-state index contributed by atoms with van der Waals surface area (Å²) < 4.78 is 39.3. The second-order valence-electron chi connectivity index (χ2n) is 3.55. The van der Waals surface area contributed by atoms with Crippen LogP contribution in [0.4, 0.5) is 18.9 Å². The number of amides is 1. The molecular formula is C12H6ClF3N2O. The predicted octanol–water partition coefficient (Wildman–Crippen LogP) is 3.40. The van der Waals surface area contributed by atoms with Gasteiger partial charge in [0.2, 0.25) is 0 Å². The highest BCUT2D eigenvalue weighted by Crippen LogP contribution is 2.21. The molecule has 1 N–H and O–H groups in total. The molecule has 0 atom stereocenters. The van der Waals surface area contributed by atoms with E-state index in [0.717, 1.165) is 0 Å². The SMILES string of the molecule is O=C(Nc1cc(F)cc(F)c1F)c1cccnc1Cl. The van der Waals surface area contributed by atoms with Crippen LogP contribution in [0.25, 0.3) is 0 Å². The molecule has 1 heterocycles. The topological polar surface area (TPSA) is 42.0 Å². The Morgan fingerprint density at radius 3 is 2.68 bits per heavy atom. The van der Waals surface area contributed by atoms with Crippen molar-refractivity contribution in [1.29, 1.82) is 0 Å². The number of nitrogens with one attached hydrogen (secondary N) is 1. The van der Waals surface area contributed by atoms with Crippen molar-refractivity contribution in [1.82, 2.24) is 4.98 Å². The molecule has 2 rings (SSSR count). The van der Waals surface area contributed by atoms with Gasteiger partial charge >= 0.3 is 0 Å². The predicted molar refractivity (Wildman–Crippen MR) is 63.5 cm³/mol. The van der Waals surface area contributed by atoms with Gasteiger partial charge in [0, 0.05) is 18.3 Å². The maximum Gasteiger partial charge on any atom is 0.258 e. The first-order valence-electron chi connectivity index (χ1n) is 5.05. The summed E-state index contributed by atoms with van der Waals surface area (Å²) in [6, 6.07) is 3.84. The lowest BCUT2D eigenvalue weighted by molar-refractivity contribution is 0.102. The minimum absolute atomic E-state index is 0.0340. The van der Waals surface area contributed by atoms with E-state index < -0.39 is 29.0 Å². The van der Waals surface area contributed by atoms with Gasteiger partial charge in [0.1, 0.15) is 11.0 Å². The molecule has 7 heteroatoms. The van der Waals surface area contributed by atoms with Crippen LogP contribution in [0.5, 0.6) is 0 Å². The van der Waals surface area contributed by atoms with Gasteiger partial charge in [0.05, 0.1) is 11.3 Å². The van der Waals surface area contributed by atoms with Gasteiger partial charge in [-0.25, -0.2) is 18.2 Å². The third kappa shape index (κ3) is 2.85. The van der Waals surface area contributed by atoms with Crippen LogP contribution >= 0.6 is 11.6 Å². The third-order valence-corrected chi connectivity index (χ3v) is 2.55. The largest absolute Gasteiger partial charge is 0.319 e. The van der Waals surface area contributed by atoms with Gasteiger partial charge in [-0.15, -0.1) is 0 Å². The summed E-state index contributed by atoms with van der Waals surface area (Å²) in [5, 5.41) is 1.93. The second-order valence-corrected chi connectivity index (χ2v) is 3.90. The highest BCUT2D eigenvalue weighted by atomic mass is 35.5. The van der Waals surface area contributed by atoms with Crippen LogP contribution in [0, 0.1) is 17.5 Å². The molecule has 0 aliphatic rings. The van der Waals surface area contributed by atoms with Crippen LogP contribution in [0.3, 0.4) is 0 Å². The Morgan fingerprint density at radius 1 is 1.26 bits per heavy atom. The molecule has 1 aromatic heterocycles. The van der Waals surface area contributed by atoms with Gasteiger partial charge in [0.25, 0.3) is 5.91 Å². The van der Waals surface area contributed by atoms with Crippen LogP contribution in [0.1, 0.15) is 10.4 Å². The Morgan fingerprint density at radius 2 is 2.00 bits per heavy atom. The maximum atomic E-state index is 13.4. The van der Waals surface area contributed by atoms with E-state index in [2.05, 4.69) is 4.98 Å². The minimum Gasteiger partial charge on any atom is -0.319 e. The van der Waals surface area contributed by atoms with Gasteiger partial charge in [-0.2, -0.15) is 0 Å². The average molecular weight is 287 g/mol. The van der Waals surface area contributed by atoms with Crippen LogP contribution < -0.4 is 5.32 Å². The van der Waals surface area contributed by atoms with E-state index in [-0.39, 0.29) is 10.7 Å². The zero-order chi connectivity index (χ0) is 14.0. The number of nitrogens with zero attached hydrogens (tertiary/aromatic N) is 1. The lowest BCUT2D eigenvalue weighted by Crippen LogP contribution is -2.14. The monoisotopic (exact) mass is 286 g/mol. The van der Waals surface area contributed by atoms with E-state index >= 15 is 0 Å². The van der Waals surface area contributed by atoms with Crippen molar-refractivity contribution in [2.24, 2.45) is 0 Å². The summed E-state index contributed by atoms with van der Waals surface area (Å²) in [4.78, 5) is 15.4. The number of hydrogen-bond donors (Lipinski definition) is 1. The molecule has 0 spiro atoms. The molecule has 1 aromatic carbocycles. The van der Waals surface area contributed by atoms with Gasteiger partial charge in [-0.05, 0) is 12.1 Å². The third-order valence-electron chi connectivity index (χ3n) is 2.24. The zero-order valence-corrected chi connectivity index (χ0v) is 10.0. The fourth-order valence-corrected chi connectivity index (χ4v) is 1.60. The molecule has 0 aliphatic heterocycles.